The van der Waals surface area contributed by atoms with Crippen molar-refractivity contribution in [2.75, 3.05) is 0 Å². The fraction of sp³-hybridized carbons (Fsp3) is 0.333. The van der Waals surface area contributed by atoms with Gasteiger partial charge in [-0.25, -0.2) is 0 Å². The van der Waals surface area contributed by atoms with Crippen molar-refractivity contribution in [1.82, 2.24) is 0 Å². The minimum atomic E-state index is -0.149. The third-order valence-corrected chi connectivity index (χ3v) is 4.30. The predicted molar refractivity (Wildman–Crippen MR) is 78.6 cm³/mol. The van der Waals surface area contributed by atoms with Crippen LogP contribution in [0, 0.1) is 20.8 Å². The van der Waals surface area contributed by atoms with Crippen LogP contribution in [-0.2, 0) is 0 Å². The number of rotatable bonds is 0. The van der Waals surface area contributed by atoms with E-state index < -0.39 is 0 Å². The summed E-state index contributed by atoms with van der Waals surface area (Å²) in [5, 5.41) is 0. The van der Waals surface area contributed by atoms with E-state index in [-0.39, 0.29) is 6.29 Å². The highest BCUT2D eigenvalue weighted by Gasteiger charge is 2.37. The van der Waals surface area contributed by atoms with Crippen molar-refractivity contribution in [3.8, 4) is 11.5 Å². The zero-order chi connectivity index (χ0) is 13.9. The Morgan fingerprint density at radius 2 is 1.70 bits per heavy atom. The van der Waals surface area contributed by atoms with Crippen molar-refractivity contribution in [2.45, 2.75) is 39.4 Å². The molecule has 0 amide bonds. The lowest BCUT2D eigenvalue weighted by Gasteiger charge is -2.38. The van der Waals surface area contributed by atoms with Crippen LogP contribution in [0.2, 0.25) is 0 Å². The molecule has 0 saturated heterocycles. The molecule has 2 heteroatoms. The lowest BCUT2D eigenvalue weighted by Crippen LogP contribution is -2.35. The van der Waals surface area contributed by atoms with Crippen LogP contribution in [0.4, 0.5) is 0 Å². The summed E-state index contributed by atoms with van der Waals surface area (Å²) in [5.74, 6) is 2.39. The molecule has 0 saturated carbocycles. The van der Waals surface area contributed by atoms with Crippen molar-refractivity contribution in [2.24, 2.45) is 0 Å². The van der Waals surface area contributed by atoms with Gasteiger partial charge in [0.15, 0.2) is 0 Å². The first-order chi connectivity index (χ1) is 9.61. The molecule has 2 aliphatic heterocycles. The van der Waals surface area contributed by atoms with Gasteiger partial charge in [0.05, 0.1) is 0 Å². The normalized spacial score (nSPS) is 22.4. The summed E-state index contributed by atoms with van der Waals surface area (Å²) in [5.41, 5.74) is 6.39. The molecule has 0 aromatic heterocycles. The second-order valence-electron chi connectivity index (χ2n) is 5.99. The predicted octanol–water partition coefficient (Wildman–Crippen LogP) is 4.24. The lowest BCUT2D eigenvalue weighted by molar-refractivity contribution is -0.0270. The molecule has 4 rings (SSSR count). The molecule has 2 unspecified atom stereocenters. The van der Waals surface area contributed by atoms with E-state index in [0.29, 0.717) is 5.92 Å². The fourth-order valence-corrected chi connectivity index (χ4v) is 3.46. The zero-order valence-corrected chi connectivity index (χ0v) is 12.1. The summed E-state index contributed by atoms with van der Waals surface area (Å²) >= 11 is 0. The van der Waals surface area contributed by atoms with E-state index in [1.165, 1.54) is 27.8 Å². The summed E-state index contributed by atoms with van der Waals surface area (Å²) in [6.07, 6.45) is 0.760. The largest absolute Gasteiger partial charge is 0.455 e. The first-order valence-corrected chi connectivity index (χ1v) is 7.17. The highest BCUT2D eigenvalue weighted by Crippen LogP contribution is 2.48. The number of benzene rings is 2. The highest BCUT2D eigenvalue weighted by atomic mass is 16.7. The third-order valence-electron chi connectivity index (χ3n) is 4.30. The minimum absolute atomic E-state index is 0.149. The van der Waals surface area contributed by atoms with Gasteiger partial charge < -0.3 is 9.47 Å². The van der Waals surface area contributed by atoms with Crippen LogP contribution >= 0.6 is 0 Å². The summed E-state index contributed by atoms with van der Waals surface area (Å²) in [6, 6.07) is 10.9. The van der Waals surface area contributed by atoms with Crippen molar-refractivity contribution >= 4 is 0 Å². The van der Waals surface area contributed by atoms with Gasteiger partial charge in [-0.05, 0) is 32.4 Å². The highest BCUT2D eigenvalue weighted by molar-refractivity contribution is 5.54. The molecule has 0 radical (unpaired) electrons. The van der Waals surface area contributed by atoms with E-state index >= 15 is 0 Å². The number of hydrogen-bond donors (Lipinski definition) is 0. The number of hydrogen-bond acceptors (Lipinski definition) is 2. The molecule has 0 aliphatic carbocycles. The monoisotopic (exact) mass is 266 g/mol. The number of ether oxygens (including phenoxy) is 2. The molecule has 102 valence electrons. The first-order valence-electron chi connectivity index (χ1n) is 7.17. The summed E-state index contributed by atoms with van der Waals surface area (Å²) in [4.78, 5) is 0. The zero-order valence-electron chi connectivity index (χ0n) is 12.1. The molecular weight excluding hydrogens is 248 g/mol. The molecule has 20 heavy (non-hydrogen) atoms. The molecule has 2 bridgehead atoms. The number of fused-ring (bicyclic) bond motifs is 6. The van der Waals surface area contributed by atoms with Gasteiger partial charge in [-0.15, -0.1) is 0 Å². The first kappa shape index (κ1) is 11.8. The molecule has 0 spiro atoms. The van der Waals surface area contributed by atoms with Gasteiger partial charge in [0.1, 0.15) is 11.5 Å². The maximum absolute atomic E-state index is 6.05. The van der Waals surface area contributed by atoms with Crippen LogP contribution in [0.1, 0.15) is 40.2 Å². The summed E-state index contributed by atoms with van der Waals surface area (Å²) in [7, 11) is 0. The Kier molecular flexibility index (Phi) is 2.38. The second kappa shape index (κ2) is 4.02. The van der Waals surface area contributed by atoms with Gasteiger partial charge in [0.25, 0.3) is 0 Å². The Hall–Kier alpha value is -1.96. The van der Waals surface area contributed by atoms with Crippen LogP contribution in [0.3, 0.4) is 0 Å². The molecule has 2 nitrogen and oxygen atoms in total. The average Bonchev–Trinajstić information content (AvgIpc) is 2.41. The van der Waals surface area contributed by atoms with E-state index in [0.717, 1.165) is 17.9 Å². The molecule has 2 atom stereocenters. The van der Waals surface area contributed by atoms with Gasteiger partial charge in [0, 0.05) is 23.5 Å². The number of aryl methyl sites for hydroxylation is 3. The third kappa shape index (κ3) is 1.64. The Bertz CT molecular complexity index is 703. The molecule has 2 aromatic rings. The smallest absolute Gasteiger partial charge is 0.242 e. The topological polar surface area (TPSA) is 18.5 Å². The Morgan fingerprint density at radius 1 is 0.900 bits per heavy atom. The van der Waals surface area contributed by atoms with Crippen LogP contribution in [0.15, 0.2) is 30.3 Å². The van der Waals surface area contributed by atoms with Gasteiger partial charge in [-0.1, -0.05) is 35.4 Å². The van der Waals surface area contributed by atoms with Crippen LogP contribution in [-0.4, -0.2) is 6.29 Å². The molecular formula is C18H18O2. The van der Waals surface area contributed by atoms with Crippen molar-refractivity contribution < 1.29 is 9.47 Å². The Morgan fingerprint density at radius 3 is 2.55 bits per heavy atom. The van der Waals surface area contributed by atoms with Gasteiger partial charge in [0.2, 0.25) is 6.29 Å². The maximum Gasteiger partial charge on any atom is 0.242 e. The molecule has 0 fully saturated rings. The second-order valence-corrected chi connectivity index (χ2v) is 5.99. The van der Waals surface area contributed by atoms with Gasteiger partial charge >= 0.3 is 0 Å². The van der Waals surface area contributed by atoms with Gasteiger partial charge in [-0.2, -0.15) is 0 Å². The quantitative estimate of drug-likeness (QED) is 0.710. The standard InChI is InChI=1S/C18H18O2/c1-10-4-5-16-14(7-10)13-9-17(19-16)20-18-12(3)6-11(2)8-15(13)18/h4-8,13,17H,9H2,1-3H3. The maximum atomic E-state index is 6.05. The van der Waals surface area contributed by atoms with E-state index in [9.17, 15) is 0 Å². The molecule has 2 aliphatic rings. The minimum Gasteiger partial charge on any atom is -0.455 e. The van der Waals surface area contributed by atoms with Gasteiger partial charge in [-0.3, -0.25) is 0 Å². The van der Waals surface area contributed by atoms with Crippen molar-refractivity contribution in [3.63, 3.8) is 0 Å². The van der Waals surface area contributed by atoms with Crippen LogP contribution in [0.25, 0.3) is 0 Å². The van der Waals surface area contributed by atoms with Crippen LogP contribution < -0.4 is 9.47 Å². The van der Waals surface area contributed by atoms with Crippen molar-refractivity contribution in [1.29, 1.82) is 0 Å². The lowest BCUT2D eigenvalue weighted by atomic mass is 9.82. The van der Waals surface area contributed by atoms with E-state index in [1.807, 2.05) is 0 Å². The van der Waals surface area contributed by atoms with Crippen LogP contribution in [0.5, 0.6) is 11.5 Å². The molecule has 2 heterocycles. The van der Waals surface area contributed by atoms with Crippen molar-refractivity contribution in [3.05, 3.63) is 58.1 Å². The fourth-order valence-electron chi connectivity index (χ4n) is 3.46. The summed E-state index contributed by atoms with van der Waals surface area (Å²) < 4.78 is 12.0. The molecule has 0 N–H and O–H groups in total. The summed E-state index contributed by atoms with van der Waals surface area (Å²) in [6.45, 7) is 6.40. The van der Waals surface area contributed by atoms with E-state index in [4.69, 9.17) is 9.47 Å². The average molecular weight is 266 g/mol. The Labute approximate surface area is 119 Å². The Balaban J connectivity index is 1.95. The SMILES string of the molecule is Cc1ccc2c(c1)C1CC(O2)Oc2c(C)cc(C)cc21. The van der Waals surface area contributed by atoms with E-state index in [2.05, 4.69) is 51.1 Å². The molecule has 2 aromatic carbocycles. The van der Waals surface area contributed by atoms with E-state index in [1.54, 1.807) is 0 Å².